The van der Waals surface area contributed by atoms with Gasteiger partial charge in [0, 0.05) is 12.1 Å². The molecule has 1 aliphatic rings. The molecular formula is C16H22FNO3. The van der Waals surface area contributed by atoms with Crippen LogP contribution >= 0.6 is 0 Å². The molecule has 4 nitrogen and oxygen atoms in total. The van der Waals surface area contributed by atoms with Gasteiger partial charge in [0.1, 0.15) is 17.6 Å². The summed E-state index contributed by atoms with van der Waals surface area (Å²) in [6.45, 7) is 3.49. The Labute approximate surface area is 124 Å². The molecule has 0 radical (unpaired) electrons. The van der Waals surface area contributed by atoms with Gasteiger partial charge in [-0.05, 0) is 44.5 Å². The number of rotatable bonds is 5. The quantitative estimate of drug-likeness (QED) is 0.783. The summed E-state index contributed by atoms with van der Waals surface area (Å²) in [4.78, 5) is 14.1. The maximum atomic E-state index is 13.4. The standard InChI is InChI=1S/C16H22FNO3/c1-3-21-16(19)14-6-4-5-9-18(14)11-12-10-13(17)7-8-15(12)20-2/h7-8,10,14H,3-6,9,11H2,1-2H3. The summed E-state index contributed by atoms with van der Waals surface area (Å²) in [5, 5.41) is 0. The molecule has 1 aliphatic heterocycles. The molecule has 1 saturated heterocycles. The van der Waals surface area contributed by atoms with Crippen molar-refractivity contribution in [3.8, 4) is 5.75 Å². The molecule has 0 aromatic heterocycles. The molecule has 116 valence electrons. The Kier molecular flexibility index (Phi) is 5.56. The minimum atomic E-state index is -0.296. The SMILES string of the molecule is CCOC(=O)C1CCCCN1Cc1cc(F)ccc1OC. The average Bonchev–Trinajstić information content (AvgIpc) is 2.48. The van der Waals surface area contributed by atoms with Gasteiger partial charge in [0.15, 0.2) is 0 Å². The van der Waals surface area contributed by atoms with Crippen LogP contribution in [0.15, 0.2) is 18.2 Å². The maximum Gasteiger partial charge on any atom is 0.323 e. The highest BCUT2D eigenvalue weighted by molar-refractivity contribution is 5.75. The summed E-state index contributed by atoms with van der Waals surface area (Å²) in [5.41, 5.74) is 0.758. The molecule has 0 bridgehead atoms. The Morgan fingerprint density at radius 2 is 2.24 bits per heavy atom. The molecule has 21 heavy (non-hydrogen) atoms. The van der Waals surface area contributed by atoms with Crippen LogP contribution in [0.25, 0.3) is 0 Å². The third-order valence-corrected chi connectivity index (χ3v) is 3.79. The van der Waals surface area contributed by atoms with Gasteiger partial charge in [0.05, 0.1) is 13.7 Å². The summed E-state index contributed by atoms with van der Waals surface area (Å²) in [5.74, 6) is 0.160. The number of benzene rings is 1. The zero-order chi connectivity index (χ0) is 15.2. The maximum absolute atomic E-state index is 13.4. The van der Waals surface area contributed by atoms with Crippen molar-refractivity contribution < 1.29 is 18.7 Å². The van der Waals surface area contributed by atoms with Crippen LogP contribution in [-0.4, -0.2) is 37.2 Å². The van der Waals surface area contributed by atoms with Crippen molar-refractivity contribution in [2.75, 3.05) is 20.3 Å². The van der Waals surface area contributed by atoms with Crippen molar-refractivity contribution in [3.63, 3.8) is 0 Å². The first-order chi connectivity index (χ1) is 10.2. The minimum Gasteiger partial charge on any atom is -0.496 e. The molecule has 1 aromatic carbocycles. The van der Waals surface area contributed by atoms with Crippen LogP contribution < -0.4 is 4.74 Å². The topological polar surface area (TPSA) is 38.8 Å². The average molecular weight is 295 g/mol. The van der Waals surface area contributed by atoms with Crippen LogP contribution in [0, 0.1) is 5.82 Å². The van der Waals surface area contributed by atoms with Crippen LogP contribution in [-0.2, 0) is 16.1 Å². The molecule has 1 heterocycles. The zero-order valence-corrected chi connectivity index (χ0v) is 12.6. The van der Waals surface area contributed by atoms with Gasteiger partial charge in [0.2, 0.25) is 0 Å². The number of hydrogen-bond donors (Lipinski definition) is 0. The molecule has 0 spiro atoms. The van der Waals surface area contributed by atoms with E-state index < -0.39 is 0 Å². The van der Waals surface area contributed by atoms with Crippen molar-refractivity contribution in [1.82, 2.24) is 4.90 Å². The van der Waals surface area contributed by atoms with Gasteiger partial charge in [-0.1, -0.05) is 6.42 Å². The third-order valence-electron chi connectivity index (χ3n) is 3.79. The van der Waals surface area contributed by atoms with Crippen LogP contribution in [0.1, 0.15) is 31.7 Å². The fraction of sp³-hybridized carbons (Fsp3) is 0.562. The molecule has 0 amide bonds. The van der Waals surface area contributed by atoms with Gasteiger partial charge in [-0.3, -0.25) is 9.69 Å². The molecule has 0 N–H and O–H groups in total. The van der Waals surface area contributed by atoms with Gasteiger partial charge in [0.25, 0.3) is 0 Å². The number of halogens is 1. The van der Waals surface area contributed by atoms with E-state index in [-0.39, 0.29) is 17.8 Å². The highest BCUT2D eigenvalue weighted by atomic mass is 19.1. The van der Waals surface area contributed by atoms with E-state index in [9.17, 15) is 9.18 Å². The van der Waals surface area contributed by atoms with E-state index in [0.29, 0.717) is 18.9 Å². The summed E-state index contributed by atoms with van der Waals surface area (Å²) in [7, 11) is 1.57. The minimum absolute atomic E-state index is 0.187. The van der Waals surface area contributed by atoms with Gasteiger partial charge < -0.3 is 9.47 Å². The molecule has 2 rings (SSSR count). The van der Waals surface area contributed by atoms with E-state index in [1.807, 2.05) is 0 Å². The molecule has 1 unspecified atom stereocenters. The Hall–Kier alpha value is -1.62. The summed E-state index contributed by atoms with van der Waals surface area (Å²) < 4.78 is 23.9. The number of ether oxygens (including phenoxy) is 2. The van der Waals surface area contributed by atoms with Gasteiger partial charge in [-0.25, -0.2) is 4.39 Å². The van der Waals surface area contributed by atoms with Crippen LogP contribution in [0.3, 0.4) is 0 Å². The van der Waals surface area contributed by atoms with Crippen molar-refractivity contribution in [3.05, 3.63) is 29.6 Å². The number of piperidine rings is 1. The van der Waals surface area contributed by atoms with E-state index in [4.69, 9.17) is 9.47 Å². The van der Waals surface area contributed by atoms with Crippen molar-refractivity contribution in [2.45, 2.75) is 38.8 Å². The number of hydrogen-bond acceptors (Lipinski definition) is 4. The molecule has 0 aliphatic carbocycles. The van der Waals surface area contributed by atoms with Crippen LogP contribution in [0.2, 0.25) is 0 Å². The molecule has 1 fully saturated rings. The van der Waals surface area contributed by atoms with E-state index >= 15 is 0 Å². The normalized spacial score (nSPS) is 19.3. The Bertz CT molecular complexity index is 492. The monoisotopic (exact) mass is 295 g/mol. The molecule has 0 saturated carbocycles. The smallest absolute Gasteiger partial charge is 0.323 e. The molecule has 1 aromatic rings. The predicted molar refractivity (Wildman–Crippen MR) is 77.6 cm³/mol. The lowest BCUT2D eigenvalue weighted by Gasteiger charge is -2.34. The Morgan fingerprint density at radius 1 is 1.43 bits per heavy atom. The second-order valence-electron chi connectivity index (χ2n) is 5.19. The first kappa shape index (κ1) is 15.8. The highest BCUT2D eigenvalue weighted by Crippen LogP contribution is 2.25. The number of likely N-dealkylation sites (tertiary alicyclic amines) is 1. The summed E-state index contributed by atoms with van der Waals surface area (Å²) in [6.07, 6.45) is 2.84. The number of carbonyl (C=O) groups is 1. The lowest BCUT2D eigenvalue weighted by atomic mass is 10.0. The second kappa shape index (κ2) is 7.41. The van der Waals surface area contributed by atoms with Gasteiger partial charge in [-0.15, -0.1) is 0 Å². The van der Waals surface area contributed by atoms with E-state index in [1.165, 1.54) is 12.1 Å². The predicted octanol–water partition coefficient (Wildman–Crippen LogP) is 2.75. The van der Waals surface area contributed by atoms with E-state index in [1.54, 1.807) is 20.1 Å². The molecule has 1 atom stereocenters. The number of methoxy groups -OCH3 is 1. The lowest BCUT2D eigenvalue weighted by molar-refractivity contribution is -0.151. The first-order valence-corrected chi connectivity index (χ1v) is 7.38. The molecule has 5 heteroatoms. The molecular weight excluding hydrogens is 273 g/mol. The fourth-order valence-corrected chi connectivity index (χ4v) is 2.78. The largest absolute Gasteiger partial charge is 0.496 e. The van der Waals surface area contributed by atoms with E-state index in [0.717, 1.165) is 31.4 Å². The number of esters is 1. The highest BCUT2D eigenvalue weighted by Gasteiger charge is 2.30. The van der Waals surface area contributed by atoms with Crippen molar-refractivity contribution in [2.24, 2.45) is 0 Å². The van der Waals surface area contributed by atoms with Gasteiger partial charge >= 0.3 is 5.97 Å². The van der Waals surface area contributed by atoms with Crippen molar-refractivity contribution in [1.29, 1.82) is 0 Å². The summed E-state index contributed by atoms with van der Waals surface area (Å²) >= 11 is 0. The van der Waals surface area contributed by atoms with Crippen molar-refractivity contribution >= 4 is 5.97 Å². The fourth-order valence-electron chi connectivity index (χ4n) is 2.78. The number of carbonyl (C=O) groups excluding carboxylic acids is 1. The Morgan fingerprint density at radius 3 is 2.95 bits per heavy atom. The lowest BCUT2D eigenvalue weighted by Crippen LogP contribution is -2.45. The van der Waals surface area contributed by atoms with Gasteiger partial charge in [-0.2, -0.15) is 0 Å². The summed E-state index contributed by atoms with van der Waals surface area (Å²) in [6, 6.07) is 4.22. The van der Waals surface area contributed by atoms with Crippen LogP contribution in [0.5, 0.6) is 5.75 Å². The third kappa shape index (κ3) is 3.94. The second-order valence-corrected chi connectivity index (χ2v) is 5.19. The Balaban J connectivity index is 2.15. The first-order valence-electron chi connectivity index (χ1n) is 7.38. The zero-order valence-electron chi connectivity index (χ0n) is 12.6. The van der Waals surface area contributed by atoms with E-state index in [2.05, 4.69) is 4.90 Å². The number of nitrogens with zero attached hydrogens (tertiary/aromatic N) is 1. The van der Waals surface area contributed by atoms with Crippen LogP contribution in [0.4, 0.5) is 4.39 Å².